The quantitative estimate of drug-likeness (QED) is 0.591. The van der Waals surface area contributed by atoms with Gasteiger partial charge in [-0.05, 0) is 18.4 Å². The van der Waals surface area contributed by atoms with Crippen molar-refractivity contribution in [3.05, 3.63) is 35.4 Å². The third-order valence-electron chi connectivity index (χ3n) is 3.44. The minimum Gasteiger partial charge on any atom is -0.300 e. The van der Waals surface area contributed by atoms with Crippen LogP contribution >= 0.6 is 0 Å². The van der Waals surface area contributed by atoms with E-state index in [0.29, 0.717) is 12.8 Å². The Morgan fingerprint density at radius 2 is 1.67 bits per heavy atom. The van der Waals surface area contributed by atoms with Crippen LogP contribution in [0.5, 0.6) is 0 Å². The first kappa shape index (κ1) is 12.7. The van der Waals surface area contributed by atoms with E-state index in [4.69, 9.17) is 0 Å². The first-order valence-corrected chi connectivity index (χ1v) is 6.16. The average Bonchev–Trinajstić information content (AvgIpc) is 2.34. The molecule has 0 N–H and O–H groups in total. The van der Waals surface area contributed by atoms with E-state index in [9.17, 15) is 9.59 Å². The second-order valence-corrected chi connectivity index (χ2v) is 4.83. The molecule has 94 valence electrons. The predicted molar refractivity (Wildman–Crippen MR) is 71.1 cm³/mol. The molecule has 1 saturated carbocycles. The number of nitrogens with zero attached hydrogens (tertiary/aromatic N) is 1. The topological polar surface area (TPSA) is 46.5 Å². The minimum atomic E-state index is -0.614. The lowest BCUT2D eigenvalue weighted by atomic mass is 9.77. The fourth-order valence-electron chi connectivity index (χ4n) is 2.38. The van der Waals surface area contributed by atoms with Crippen molar-refractivity contribution in [3.63, 3.8) is 0 Å². The Bertz CT molecular complexity index is 470. The van der Waals surface area contributed by atoms with Crippen LogP contribution in [-0.2, 0) is 9.59 Å². The summed E-state index contributed by atoms with van der Waals surface area (Å²) in [7, 11) is 1.59. The smallest absolute Gasteiger partial charge is 0.149 e. The van der Waals surface area contributed by atoms with Crippen molar-refractivity contribution in [1.82, 2.24) is 0 Å². The van der Waals surface area contributed by atoms with Crippen LogP contribution in [0.1, 0.15) is 29.9 Å². The number of hydrogen-bond donors (Lipinski definition) is 0. The molecule has 0 unspecified atom stereocenters. The zero-order chi connectivity index (χ0) is 13.1. The van der Waals surface area contributed by atoms with Crippen molar-refractivity contribution in [3.8, 4) is 0 Å². The lowest BCUT2D eigenvalue weighted by Gasteiger charge is -2.24. The van der Waals surface area contributed by atoms with Gasteiger partial charge in [-0.2, -0.15) is 0 Å². The number of ketones is 2. The summed E-state index contributed by atoms with van der Waals surface area (Å²) in [5.74, 6) is -0.603. The molecule has 0 saturated heterocycles. The maximum absolute atomic E-state index is 11.9. The Morgan fingerprint density at radius 1 is 1.11 bits per heavy atom. The van der Waals surface area contributed by atoms with E-state index in [0.717, 1.165) is 5.56 Å². The summed E-state index contributed by atoms with van der Waals surface area (Å²) < 4.78 is 0. The summed E-state index contributed by atoms with van der Waals surface area (Å²) in [4.78, 5) is 27.7. The molecule has 3 heteroatoms. The van der Waals surface area contributed by atoms with E-state index in [1.807, 2.05) is 31.2 Å². The summed E-state index contributed by atoms with van der Waals surface area (Å²) in [5, 5.41) is 0. The second kappa shape index (κ2) is 5.25. The Balaban J connectivity index is 2.17. The first-order valence-electron chi connectivity index (χ1n) is 6.16. The normalized spacial score (nSPS) is 24.8. The van der Waals surface area contributed by atoms with Gasteiger partial charge in [-0.1, -0.05) is 29.8 Å². The molecule has 0 atom stereocenters. The van der Waals surface area contributed by atoms with E-state index in [1.165, 1.54) is 11.8 Å². The first-order chi connectivity index (χ1) is 8.61. The van der Waals surface area contributed by atoms with Crippen molar-refractivity contribution in [2.75, 3.05) is 7.05 Å². The van der Waals surface area contributed by atoms with Gasteiger partial charge in [0.05, 0.1) is 0 Å². The number of aliphatic imine (C=N–C) groups is 1. The summed E-state index contributed by atoms with van der Waals surface area (Å²) in [6.07, 6.45) is 2.34. The van der Waals surface area contributed by atoms with Gasteiger partial charge in [0.15, 0.2) is 0 Å². The maximum Gasteiger partial charge on any atom is 0.149 e. The molecule has 1 aromatic rings. The summed E-state index contributed by atoms with van der Waals surface area (Å²) >= 11 is 0. The Labute approximate surface area is 107 Å². The van der Waals surface area contributed by atoms with Gasteiger partial charge in [-0.25, -0.2) is 0 Å². The van der Waals surface area contributed by atoms with Crippen LogP contribution < -0.4 is 0 Å². The standard InChI is InChI=1S/C15H17NO2/c1-10-3-5-11(6-4-10)12-7-14(17)13(9-16-2)15(18)8-12/h3-6,9,12-13H,7-8H2,1-2H3. The molecule has 0 radical (unpaired) electrons. The van der Waals surface area contributed by atoms with Gasteiger partial charge in [-0.15, -0.1) is 0 Å². The molecule has 0 aromatic heterocycles. The molecule has 0 bridgehead atoms. The van der Waals surface area contributed by atoms with Gasteiger partial charge >= 0.3 is 0 Å². The highest BCUT2D eigenvalue weighted by molar-refractivity contribution is 6.16. The van der Waals surface area contributed by atoms with Gasteiger partial charge < -0.3 is 0 Å². The van der Waals surface area contributed by atoms with Gasteiger partial charge in [0, 0.05) is 26.1 Å². The highest BCUT2D eigenvalue weighted by atomic mass is 16.2. The molecule has 1 fully saturated rings. The van der Waals surface area contributed by atoms with Crippen molar-refractivity contribution in [2.24, 2.45) is 10.9 Å². The van der Waals surface area contributed by atoms with Crippen LogP contribution in [0, 0.1) is 12.8 Å². The molecule has 1 aromatic carbocycles. The van der Waals surface area contributed by atoms with Crippen LogP contribution in [0.25, 0.3) is 0 Å². The van der Waals surface area contributed by atoms with E-state index in [1.54, 1.807) is 7.05 Å². The fraction of sp³-hybridized carbons (Fsp3) is 0.400. The predicted octanol–water partition coefficient (Wildman–Crippen LogP) is 2.33. The zero-order valence-electron chi connectivity index (χ0n) is 10.7. The van der Waals surface area contributed by atoms with Crippen molar-refractivity contribution in [2.45, 2.75) is 25.7 Å². The van der Waals surface area contributed by atoms with Crippen LogP contribution in [0.2, 0.25) is 0 Å². The Morgan fingerprint density at radius 3 is 2.17 bits per heavy atom. The lowest BCUT2D eigenvalue weighted by Crippen LogP contribution is -2.33. The largest absolute Gasteiger partial charge is 0.300 e. The highest BCUT2D eigenvalue weighted by Crippen LogP contribution is 2.31. The lowest BCUT2D eigenvalue weighted by molar-refractivity contribution is -0.133. The monoisotopic (exact) mass is 243 g/mol. The number of aryl methyl sites for hydroxylation is 1. The zero-order valence-corrected chi connectivity index (χ0v) is 10.7. The SMILES string of the molecule is CN=CC1C(=O)CC(c2ccc(C)cc2)CC1=O. The molecule has 2 rings (SSSR count). The third kappa shape index (κ3) is 2.55. The van der Waals surface area contributed by atoms with E-state index >= 15 is 0 Å². The number of carbonyl (C=O) groups excluding carboxylic acids is 2. The van der Waals surface area contributed by atoms with Gasteiger partial charge in [-0.3, -0.25) is 14.6 Å². The van der Waals surface area contributed by atoms with Gasteiger partial charge in [0.1, 0.15) is 17.5 Å². The van der Waals surface area contributed by atoms with E-state index in [-0.39, 0.29) is 17.5 Å². The number of benzene rings is 1. The van der Waals surface area contributed by atoms with Crippen LogP contribution in [0.3, 0.4) is 0 Å². The van der Waals surface area contributed by atoms with Gasteiger partial charge in [0.25, 0.3) is 0 Å². The molecule has 3 nitrogen and oxygen atoms in total. The van der Waals surface area contributed by atoms with Gasteiger partial charge in [0.2, 0.25) is 0 Å². The molecule has 0 amide bonds. The number of hydrogen-bond acceptors (Lipinski definition) is 3. The van der Waals surface area contributed by atoms with Crippen LogP contribution in [0.15, 0.2) is 29.3 Å². The van der Waals surface area contributed by atoms with Crippen molar-refractivity contribution < 1.29 is 9.59 Å². The summed E-state index contributed by atoms with van der Waals surface area (Å²) in [5.41, 5.74) is 2.26. The molecular weight excluding hydrogens is 226 g/mol. The molecule has 1 aliphatic rings. The molecule has 0 spiro atoms. The van der Waals surface area contributed by atoms with Crippen LogP contribution in [-0.4, -0.2) is 24.8 Å². The average molecular weight is 243 g/mol. The Kier molecular flexibility index (Phi) is 3.70. The molecule has 0 aliphatic heterocycles. The minimum absolute atomic E-state index is 0.0116. The van der Waals surface area contributed by atoms with E-state index < -0.39 is 5.92 Å². The van der Waals surface area contributed by atoms with Crippen LogP contribution in [0.4, 0.5) is 0 Å². The number of rotatable bonds is 2. The molecule has 18 heavy (non-hydrogen) atoms. The molecular formula is C15H17NO2. The van der Waals surface area contributed by atoms with Crippen molar-refractivity contribution >= 4 is 17.8 Å². The fourth-order valence-corrected chi connectivity index (χ4v) is 2.38. The van der Waals surface area contributed by atoms with Crippen molar-refractivity contribution in [1.29, 1.82) is 0 Å². The summed E-state index contributed by atoms with van der Waals surface area (Å²) in [6.45, 7) is 2.02. The molecule has 0 heterocycles. The maximum atomic E-state index is 11.9. The van der Waals surface area contributed by atoms with E-state index in [2.05, 4.69) is 4.99 Å². The number of carbonyl (C=O) groups is 2. The Hall–Kier alpha value is -1.77. The third-order valence-corrected chi connectivity index (χ3v) is 3.44. The molecule has 1 aliphatic carbocycles. The highest BCUT2D eigenvalue weighted by Gasteiger charge is 2.34. The summed E-state index contributed by atoms with van der Waals surface area (Å²) in [6, 6.07) is 8.05. The second-order valence-electron chi connectivity index (χ2n) is 4.83. The number of Topliss-reactive ketones (excluding diaryl/α,β-unsaturated/α-hetero) is 2.